The molecule has 0 spiro atoms. The third kappa shape index (κ3) is 5.03. The summed E-state index contributed by atoms with van der Waals surface area (Å²) in [7, 11) is 0. The maximum Gasteiger partial charge on any atom is 0.416 e. The van der Waals surface area contributed by atoms with Gasteiger partial charge < -0.3 is 5.11 Å². The standard InChI is InChI=1S/C14H10F3N3.C2H6.CH2O2/c1-9-8-20-12(6-19-13(20)7-18-9)10-2-4-11(5-3-10)14(15,16)17;1-2;2-1-3/h2-8H,1H3;1-2H3;1H,(H,2,3). The van der Waals surface area contributed by atoms with Crippen LogP contribution in [0.4, 0.5) is 13.2 Å². The number of halogens is 3. The van der Waals surface area contributed by atoms with Crippen LogP contribution in [0, 0.1) is 6.92 Å². The molecule has 0 aliphatic heterocycles. The highest BCUT2D eigenvalue weighted by Crippen LogP contribution is 2.31. The number of hydrogen-bond donors (Lipinski definition) is 1. The lowest BCUT2D eigenvalue weighted by molar-refractivity contribution is -0.137. The number of carbonyl (C=O) groups is 1. The van der Waals surface area contributed by atoms with Crippen molar-refractivity contribution in [2.75, 3.05) is 0 Å². The molecule has 1 aromatic carbocycles. The second-order valence-electron chi connectivity index (χ2n) is 4.58. The van der Waals surface area contributed by atoms with Gasteiger partial charge in [-0.1, -0.05) is 26.0 Å². The zero-order valence-electron chi connectivity index (χ0n) is 13.9. The van der Waals surface area contributed by atoms with Crippen LogP contribution in [0.3, 0.4) is 0 Å². The van der Waals surface area contributed by atoms with E-state index in [0.717, 1.165) is 23.5 Å². The maximum absolute atomic E-state index is 12.5. The van der Waals surface area contributed by atoms with Crippen molar-refractivity contribution in [1.29, 1.82) is 0 Å². The molecule has 2 aromatic heterocycles. The molecule has 0 amide bonds. The predicted octanol–water partition coefficient (Wildman–Crippen LogP) is 4.45. The van der Waals surface area contributed by atoms with E-state index in [-0.39, 0.29) is 6.47 Å². The van der Waals surface area contributed by atoms with Crippen LogP contribution in [0.5, 0.6) is 0 Å². The van der Waals surface area contributed by atoms with Crippen LogP contribution in [0.15, 0.2) is 42.9 Å². The molecule has 0 atom stereocenters. The van der Waals surface area contributed by atoms with Crippen molar-refractivity contribution >= 4 is 12.1 Å². The molecule has 8 heteroatoms. The first-order valence-corrected chi connectivity index (χ1v) is 7.42. The Morgan fingerprint density at radius 3 is 2.16 bits per heavy atom. The number of fused-ring (bicyclic) bond motifs is 1. The average molecular weight is 353 g/mol. The third-order valence-corrected chi connectivity index (χ3v) is 3.03. The van der Waals surface area contributed by atoms with Gasteiger partial charge in [-0.2, -0.15) is 13.2 Å². The number of aryl methyl sites for hydroxylation is 1. The lowest BCUT2D eigenvalue weighted by atomic mass is 10.1. The van der Waals surface area contributed by atoms with Gasteiger partial charge in [0, 0.05) is 11.8 Å². The zero-order chi connectivity index (χ0) is 19.0. The number of rotatable bonds is 1. The topological polar surface area (TPSA) is 67.5 Å². The molecule has 0 aliphatic rings. The van der Waals surface area contributed by atoms with E-state index in [4.69, 9.17) is 9.90 Å². The summed E-state index contributed by atoms with van der Waals surface area (Å²) < 4.78 is 39.4. The zero-order valence-corrected chi connectivity index (χ0v) is 13.9. The molecule has 0 aliphatic carbocycles. The van der Waals surface area contributed by atoms with Gasteiger partial charge in [-0.25, -0.2) is 4.98 Å². The van der Waals surface area contributed by atoms with E-state index in [1.54, 1.807) is 18.6 Å². The Balaban J connectivity index is 0.000000567. The number of imidazole rings is 1. The molecule has 3 rings (SSSR count). The van der Waals surface area contributed by atoms with E-state index >= 15 is 0 Å². The number of benzene rings is 1. The van der Waals surface area contributed by atoms with E-state index in [0.29, 0.717) is 11.2 Å². The Hall–Kier alpha value is -2.90. The Morgan fingerprint density at radius 1 is 1.08 bits per heavy atom. The van der Waals surface area contributed by atoms with Crippen molar-refractivity contribution in [3.8, 4) is 11.3 Å². The van der Waals surface area contributed by atoms with Gasteiger partial charge in [0.1, 0.15) is 0 Å². The molecule has 134 valence electrons. The van der Waals surface area contributed by atoms with E-state index in [1.165, 1.54) is 12.1 Å². The van der Waals surface area contributed by atoms with Gasteiger partial charge >= 0.3 is 6.18 Å². The van der Waals surface area contributed by atoms with Gasteiger partial charge in [-0.3, -0.25) is 14.2 Å². The second-order valence-corrected chi connectivity index (χ2v) is 4.58. The second kappa shape index (κ2) is 8.81. The summed E-state index contributed by atoms with van der Waals surface area (Å²) in [5, 5.41) is 6.89. The first-order chi connectivity index (χ1) is 11.9. The smallest absolute Gasteiger partial charge is 0.416 e. The highest BCUT2D eigenvalue weighted by Gasteiger charge is 2.30. The van der Waals surface area contributed by atoms with Crippen LogP contribution in [0.1, 0.15) is 25.1 Å². The minimum atomic E-state index is -4.32. The summed E-state index contributed by atoms with van der Waals surface area (Å²) >= 11 is 0. The van der Waals surface area contributed by atoms with Crippen LogP contribution in [-0.4, -0.2) is 25.9 Å². The lowest BCUT2D eigenvalue weighted by Crippen LogP contribution is -2.04. The van der Waals surface area contributed by atoms with Crippen molar-refractivity contribution < 1.29 is 23.1 Å². The Morgan fingerprint density at radius 2 is 1.64 bits per heavy atom. The molecular weight excluding hydrogens is 335 g/mol. The van der Waals surface area contributed by atoms with E-state index in [1.807, 2.05) is 25.2 Å². The molecule has 25 heavy (non-hydrogen) atoms. The van der Waals surface area contributed by atoms with Crippen LogP contribution in [0.25, 0.3) is 16.9 Å². The minimum Gasteiger partial charge on any atom is -0.483 e. The van der Waals surface area contributed by atoms with Gasteiger partial charge in [0.05, 0.1) is 29.3 Å². The van der Waals surface area contributed by atoms with Crippen LogP contribution in [0.2, 0.25) is 0 Å². The van der Waals surface area contributed by atoms with Crippen molar-refractivity contribution in [3.63, 3.8) is 0 Å². The lowest BCUT2D eigenvalue weighted by Gasteiger charge is -2.07. The summed E-state index contributed by atoms with van der Waals surface area (Å²) in [5.41, 5.74) is 2.22. The number of nitrogens with zero attached hydrogens (tertiary/aromatic N) is 3. The van der Waals surface area contributed by atoms with Crippen molar-refractivity contribution in [2.45, 2.75) is 26.9 Å². The molecule has 0 saturated heterocycles. The fraction of sp³-hybridized carbons (Fsp3) is 0.235. The molecule has 0 unspecified atom stereocenters. The van der Waals surface area contributed by atoms with E-state index < -0.39 is 11.7 Å². The summed E-state index contributed by atoms with van der Waals surface area (Å²) in [4.78, 5) is 16.7. The van der Waals surface area contributed by atoms with Crippen molar-refractivity contribution in [1.82, 2.24) is 14.4 Å². The van der Waals surface area contributed by atoms with Crippen LogP contribution < -0.4 is 0 Å². The fourth-order valence-corrected chi connectivity index (χ4v) is 2.03. The average Bonchev–Trinajstić information content (AvgIpc) is 3.00. The van der Waals surface area contributed by atoms with Gasteiger partial charge in [0.25, 0.3) is 6.47 Å². The maximum atomic E-state index is 12.5. The molecule has 2 heterocycles. The number of hydrogen-bond acceptors (Lipinski definition) is 3. The number of carboxylic acid groups (broad SMARTS) is 1. The highest BCUT2D eigenvalue weighted by atomic mass is 19.4. The fourth-order valence-electron chi connectivity index (χ4n) is 2.03. The number of alkyl halides is 3. The Bertz CT molecular complexity index is 812. The molecule has 0 radical (unpaired) electrons. The van der Waals surface area contributed by atoms with Crippen molar-refractivity contribution in [2.24, 2.45) is 0 Å². The summed E-state index contributed by atoms with van der Waals surface area (Å²) in [5.74, 6) is 0. The number of aromatic nitrogens is 3. The van der Waals surface area contributed by atoms with Gasteiger partial charge in [0.2, 0.25) is 0 Å². The Kier molecular flexibility index (Phi) is 7.10. The molecule has 1 N–H and O–H groups in total. The van der Waals surface area contributed by atoms with E-state index in [9.17, 15) is 13.2 Å². The molecule has 5 nitrogen and oxygen atoms in total. The summed E-state index contributed by atoms with van der Waals surface area (Å²) in [6, 6.07) is 5.04. The molecule has 3 aromatic rings. The SMILES string of the molecule is CC.Cc1cn2c(-c3ccc(C(F)(F)F)cc3)cnc2cn1.O=CO. The first kappa shape index (κ1) is 20.1. The largest absolute Gasteiger partial charge is 0.483 e. The van der Waals surface area contributed by atoms with Gasteiger partial charge in [0.15, 0.2) is 5.65 Å². The highest BCUT2D eigenvalue weighted by molar-refractivity contribution is 5.63. The molecule has 0 fully saturated rings. The summed E-state index contributed by atoms with van der Waals surface area (Å²) in [6.07, 6.45) is 0.732. The van der Waals surface area contributed by atoms with Gasteiger partial charge in [-0.05, 0) is 19.1 Å². The van der Waals surface area contributed by atoms with Crippen LogP contribution >= 0.6 is 0 Å². The van der Waals surface area contributed by atoms with E-state index in [2.05, 4.69) is 9.97 Å². The Labute approximate surface area is 142 Å². The monoisotopic (exact) mass is 353 g/mol. The van der Waals surface area contributed by atoms with Gasteiger partial charge in [-0.15, -0.1) is 0 Å². The normalized spacial score (nSPS) is 10.3. The molecule has 0 saturated carbocycles. The predicted molar refractivity (Wildman–Crippen MR) is 88.2 cm³/mol. The summed E-state index contributed by atoms with van der Waals surface area (Å²) in [6.45, 7) is 5.59. The molecular formula is C17H18F3N3O2. The molecule has 0 bridgehead atoms. The van der Waals surface area contributed by atoms with Crippen molar-refractivity contribution in [3.05, 3.63) is 54.1 Å². The first-order valence-electron chi connectivity index (χ1n) is 7.42. The minimum absolute atomic E-state index is 0.250. The van der Waals surface area contributed by atoms with Crippen LogP contribution in [-0.2, 0) is 11.0 Å². The third-order valence-electron chi connectivity index (χ3n) is 3.03. The quantitative estimate of drug-likeness (QED) is 0.656.